The minimum atomic E-state index is -4.32. The second-order valence-electron chi connectivity index (χ2n) is 9.38. The first kappa shape index (κ1) is 31.2. The molecular formula is C29H29ClF2N2O7S. The van der Waals surface area contributed by atoms with Crippen molar-refractivity contribution in [3.63, 3.8) is 0 Å². The summed E-state index contributed by atoms with van der Waals surface area (Å²) in [6, 6.07) is 10.4. The number of carbonyl (C=O) groups excluding carboxylic acids is 1. The quantitative estimate of drug-likeness (QED) is 0.222. The summed E-state index contributed by atoms with van der Waals surface area (Å²) in [5, 5.41) is 9.36. The van der Waals surface area contributed by atoms with Crippen molar-refractivity contribution in [3.05, 3.63) is 75.9 Å². The van der Waals surface area contributed by atoms with Gasteiger partial charge in [0.15, 0.2) is 0 Å². The smallest absolute Gasteiger partial charge is 0.305 e. The summed E-state index contributed by atoms with van der Waals surface area (Å²) in [7, 11) is -3.06. The predicted molar refractivity (Wildman–Crippen MR) is 154 cm³/mol. The number of esters is 1. The Labute approximate surface area is 247 Å². The molecule has 0 amide bonds. The Hall–Kier alpha value is -3.74. The van der Waals surface area contributed by atoms with Crippen LogP contribution in [0.2, 0.25) is 5.02 Å². The van der Waals surface area contributed by atoms with Gasteiger partial charge in [0.25, 0.3) is 16.4 Å². The second-order valence-corrected chi connectivity index (χ2v) is 11.6. The molecule has 224 valence electrons. The number of halogens is 3. The normalized spacial score (nSPS) is 15.0. The zero-order valence-electron chi connectivity index (χ0n) is 22.8. The molecule has 1 aliphatic rings. The van der Waals surface area contributed by atoms with Crippen LogP contribution in [0.1, 0.15) is 41.5 Å². The topological polar surface area (TPSA) is 115 Å². The minimum absolute atomic E-state index is 0.00633. The van der Waals surface area contributed by atoms with Crippen LogP contribution in [-0.2, 0) is 19.6 Å². The summed E-state index contributed by atoms with van der Waals surface area (Å²) in [5.74, 6) is -0.408. The number of hydrogen-bond donors (Lipinski definition) is 1. The first-order chi connectivity index (χ1) is 20.0. The SMILES string of the molecule is COC(=O)CC[C@H]1CN(S(=O)(=O)c2cc(C)cnc2OCCO)c2cc(/C=C/c3c(Cl)cccc3C(F)F)ccc2O1. The van der Waals surface area contributed by atoms with E-state index in [9.17, 15) is 27.1 Å². The van der Waals surface area contributed by atoms with Gasteiger partial charge >= 0.3 is 5.97 Å². The van der Waals surface area contributed by atoms with Gasteiger partial charge in [-0.1, -0.05) is 42.0 Å². The number of ether oxygens (including phenoxy) is 3. The first-order valence-corrected chi connectivity index (χ1v) is 14.7. The summed E-state index contributed by atoms with van der Waals surface area (Å²) in [6.45, 7) is 1.02. The molecule has 13 heteroatoms. The van der Waals surface area contributed by atoms with Gasteiger partial charge < -0.3 is 19.3 Å². The van der Waals surface area contributed by atoms with Gasteiger partial charge in [0, 0.05) is 28.8 Å². The van der Waals surface area contributed by atoms with Crippen LogP contribution in [0.15, 0.2) is 53.6 Å². The van der Waals surface area contributed by atoms with Crippen LogP contribution >= 0.6 is 11.6 Å². The van der Waals surface area contributed by atoms with E-state index in [1.807, 2.05) is 0 Å². The van der Waals surface area contributed by atoms with Crippen LogP contribution in [0.3, 0.4) is 0 Å². The number of aliphatic hydroxyl groups excluding tert-OH is 1. The first-order valence-electron chi connectivity index (χ1n) is 12.9. The molecule has 0 radical (unpaired) electrons. The van der Waals surface area contributed by atoms with E-state index < -0.39 is 28.5 Å². The number of nitrogens with zero attached hydrogens (tertiary/aromatic N) is 2. The molecule has 0 unspecified atom stereocenters. The van der Waals surface area contributed by atoms with Crippen LogP contribution < -0.4 is 13.8 Å². The lowest BCUT2D eigenvalue weighted by molar-refractivity contribution is -0.141. The number of hydrogen-bond acceptors (Lipinski definition) is 8. The van der Waals surface area contributed by atoms with Crippen LogP contribution in [0.4, 0.5) is 14.5 Å². The lowest BCUT2D eigenvalue weighted by atomic mass is 10.0. The van der Waals surface area contributed by atoms with Crippen LogP contribution in [0.25, 0.3) is 12.2 Å². The van der Waals surface area contributed by atoms with Crippen molar-refractivity contribution in [3.8, 4) is 11.6 Å². The van der Waals surface area contributed by atoms with E-state index in [2.05, 4.69) is 4.98 Å². The number of rotatable bonds is 11. The summed E-state index contributed by atoms with van der Waals surface area (Å²) in [4.78, 5) is 15.7. The number of aromatic nitrogens is 1. The Morgan fingerprint density at radius 3 is 2.76 bits per heavy atom. The number of fused-ring (bicyclic) bond motifs is 1. The van der Waals surface area contributed by atoms with Gasteiger partial charge in [0.2, 0.25) is 5.88 Å². The van der Waals surface area contributed by atoms with E-state index in [0.29, 0.717) is 11.1 Å². The third-order valence-corrected chi connectivity index (χ3v) is 8.53. The zero-order valence-corrected chi connectivity index (χ0v) is 24.4. The van der Waals surface area contributed by atoms with Crippen LogP contribution in [-0.4, -0.2) is 57.4 Å². The number of aryl methyl sites for hydroxylation is 1. The molecule has 0 spiro atoms. The molecule has 2 heterocycles. The van der Waals surface area contributed by atoms with Crippen molar-refractivity contribution in [2.45, 2.75) is 37.2 Å². The Morgan fingerprint density at radius 2 is 2.05 bits per heavy atom. The van der Waals surface area contributed by atoms with E-state index in [1.54, 1.807) is 31.2 Å². The molecule has 2 aromatic carbocycles. The van der Waals surface area contributed by atoms with Gasteiger partial charge in [-0.05, 0) is 48.7 Å². The van der Waals surface area contributed by atoms with Gasteiger partial charge in [-0.2, -0.15) is 0 Å². The maximum atomic E-state index is 14.2. The Bertz CT molecular complexity index is 1580. The number of anilines is 1. The minimum Gasteiger partial charge on any atom is -0.486 e. The molecule has 0 fully saturated rings. The van der Waals surface area contributed by atoms with Crippen LogP contribution in [0.5, 0.6) is 11.6 Å². The van der Waals surface area contributed by atoms with Crippen LogP contribution in [0, 0.1) is 6.92 Å². The van der Waals surface area contributed by atoms with E-state index in [0.717, 1.165) is 4.31 Å². The van der Waals surface area contributed by atoms with Gasteiger partial charge in [-0.25, -0.2) is 22.2 Å². The highest BCUT2D eigenvalue weighted by Gasteiger charge is 2.37. The number of benzene rings is 2. The van der Waals surface area contributed by atoms with Crippen molar-refractivity contribution in [1.82, 2.24) is 4.98 Å². The molecule has 0 bridgehead atoms. The highest BCUT2D eigenvalue weighted by Crippen LogP contribution is 2.40. The fourth-order valence-electron chi connectivity index (χ4n) is 4.37. The molecule has 0 saturated heterocycles. The van der Waals surface area contributed by atoms with Crippen molar-refractivity contribution in [2.75, 3.05) is 31.2 Å². The second kappa shape index (κ2) is 13.5. The van der Waals surface area contributed by atoms with Crippen molar-refractivity contribution < 1.29 is 41.3 Å². The molecular weight excluding hydrogens is 594 g/mol. The Balaban J connectivity index is 1.78. The van der Waals surface area contributed by atoms with Gasteiger partial charge in [0.05, 0.1) is 25.9 Å². The highest BCUT2D eigenvalue weighted by molar-refractivity contribution is 7.93. The zero-order chi connectivity index (χ0) is 30.4. The standard InChI is InChI=1S/C29H29ClF2N2O7S/c1-18-14-26(29(33-16-18)40-13-12-35)42(37,38)34-17-20(8-11-27(36)39-2)41-25-10-7-19(15-24(25)34)6-9-21-22(28(31)32)4-3-5-23(21)30/h3-7,9-10,14-16,20,28,35H,8,11-13,17H2,1-2H3/b9-6+/t20-/m0/s1. The largest absolute Gasteiger partial charge is 0.486 e. The molecule has 0 saturated carbocycles. The maximum Gasteiger partial charge on any atom is 0.305 e. The number of aliphatic hydroxyl groups is 1. The van der Waals surface area contributed by atoms with Crippen molar-refractivity contribution in [2.24, 2.45) is 0 Å². The third kappa shape index (κ3) is 7.00. The van der Waals surface area contributed by atoms with Gasteiger partial charge in [-0.15, -0.1) is 0 Å². The van der Waals surface area contributed by atoms with Gasteiger partial charge in [0.1, 0.15) is 23.4 Å². The summed E-state index contributed by atoms with van der Waals surface area (Å²) < 4.78 is 72.8. The van der Waals surface area contributed by atoms with Crippen molar-refractivity contribution >= 4 is 45.4 Å². The fraction of sp³-hybridized carbons (Fsp3) is 0.310. The number of sulfonamides is 1. The number of pyridine rings is 1. The average molecular weight is 623 g/mol. The molecule has 1 N–H and O–H groups in total. The number of carbonyl (C=O) groups is 1. The molecule has 1 aliphatic heterocycles. The fourth-order valence-corrected chi connectivity index (χ4v) is 6.29. The van der Waals surface area contributed by atoms with E-state index >= 15 is 0 Å². The third-order valence-electron chi connectivity index (χ3n) is 6.43. The van der Waals surface area contributed by atoms with E-state index in [-0.39, 0.29) is 71.0 Å². The maximum absolute atomic E-state index is 14.2. The summed E-state index contributed by atoms with van der Waals surface area (Å²) in [6.07, 6.45) is 1.19. The molecule has 4 rings (SSSR count). The average Bonchev–Trinajstić information content (AvgIpc) is 2.97. The predicted octanol–water partition coefficient (Wildman–Crippen LogP) is 5.43. The molecule has 9 nitrogen and oxygen atoms in total. The van der Waals surface area contributed by atoms with Crippen molar-refractivity contribution in [1.29, 1.82) is 0 Å². The molecule has 0 aliphatic carbocycles. The summed E-state index contributed by atoms with van der Waals surface area (Å²) in [5.41, 5.74) is 1.15. The molecule has 3 aromatic rings. The highest BCUT2D eigenvalue weighted by atomic mass is 35.5. The Morgan fingerprint density at radius 1 is 1.26 bits per heavy atom. The molecule has 42 heavy (non-hydrogen) atoms. The van der Waals surface area contributed by atoms with Gasteiger partial charge in [-0.3, -0.25) is 9.10 Å². The summed E-state index contributed by atoms with van der Waals surface area (Å²) >= 11 is 6.19. The Kier molecular flexibility index (Phi) is 10.0. The monoisotopic (exact) mass is 622 g/mol. The lowest BCUT2D eigenvalue weighted by Crippen LogP contribution is -2.44. The molecule has 1 atom stereocenters. The molecule has 1 aromatic heterocycles. The van der Waals surface area contributed by atoms with E-state index in [4.69, 9.17) is 25.8 Å². The van der Waals surface area contributed by atoms with E-state index in [1.165, 1.54) is 43.6 Å². The lowest BCUT2D eigenvalue weighted by Gasteiger charge is -2.35. The number of methoxy groups -OCH3 is 1. The number of alkyl halides is 2.